The van der Waals surface area contributed by atoms with Crippen molar-refractivity contribution in [3.05, 3.63) is 107 Å². The van der Waals surface area contributed by atoms with E-state index in [1.165, 1.54) is 115 Å². The van der Waals surface area contributed by atoms with E-state index in [2.05, 4.69) is 119 Å². The number of hydrogen-bond donors (Lipinski definition) is 0. The van der Waals surface area contributed by atoms with Gasteiger partial charge in [0.25, 0.3) is 0 Å². The van der Waals surface area contributed by atoms with Crippen molar-refractivity contribution in [1.82, 2.24) is 0 Å². The Morgan fingerprint density at radius 3 is 1.92 bits per heavy atom. The maximum atomic E-state index is 4.93. The van der Waals surface area contributed by atoms with Crippen LogP contribution in [0.2, 0.25) is 13.1 Å². The molecule has 5 aromatic rings. The SMILES string of the molecule is CCC(C)c1cccc2[cH-]c(C3CCCCC3)cc12.CCc1cc2c(-c3ccc(C45CC6CC(CC(C6)C4)C5)cc3)cccc2[cH-]1.C[Si]C.[Cl][Zr+2][Cl]. The van der Waals surface area contributed by atoms with Gasteiger partial charge in [-0.15, -0.1) is 69.1 Å². The minimum absolute atomic E-state index is 0.509. The molecule has 274 valence electrons. The van der Waals surface area contributed by atoms with Crippen LogP contribution in [0.1, 0.15) is 132 Å². The number of fused-ring (bicyclic) bond motifs is 2. The maximum absolute atomic E-state index is 4.93. The topological polar surface area (TPSA) is 0 Å². The molecule has 0 saturated heterocycles. The molecule has 0 aliphatic heterocycles. The molecule has 5 saturated carbocycles. The van der Waals surface area contributed by atoms with Crippen molar-refractivity contribution in [2.24, 2.45) is 17.8 Å². The number of rotatable bonds is 6. The molecular formula is C48H60Cl2SiZr. The Morgan fingerprint density at radius 2 is 1.35 bits per heavy atom. The quantitative estimate of drug-likeness (QED) is 0.118. The summed E-state index contributed by atoms with van der Waals surface area (Å²) in [5.41, 5.74) is 9.51. The fourth-order valence-electron chi connectivity index (χ4n) is 10.8. The van der Waals surface area contributed by atoms with Crippen molar-refractivity contribution in [1.29, 1.82) is 0 Å². The molecule has 0 heterocycles. The Bertz CT molecular complexity index is 1800. The second-order valence-electron chi connectivity index (χ2n) is 16.7. The van der Waals surface area contributed by atoms with E-state index in [0.717, 1.165) is 39.6 Å². The Hall–Kier alpha value is -1.44. The first kappa shape index (κ1) is 40.2. The van der Waals surface area contributed by atoms with E-state index < -0.39 is 20.8 Å². The summed E-state index contributed by atoms with van der Waals surface area (Å²) in [7, 11) is 11.0. The van der Waals surface area contributed by atoms with Crippen LogP contribution in [0.15, 0.2) is 84.9 Å². The molecule has 1 atom stereocenters. The van der Waals surface area contributed by atoms with E-state index >= 15 is 0 Å². The van der Waals surface area contributed by atoms with Gasteiger partial charge in [0.1, 0.15) is 0 Å². The van der Waals surface area contributed by atoms with Gasteiger partial charge in [-0.1, -0.05) is 107 Å². The van der Waals surface area contributed by atoms with Crippen molar-refractivity contribution in [2.45, 2.75) is 135 Å². The Balaban J connectivity index is 0.000000163. The van der Waals surface area contributed by atoms with Gasteiger partial charge in [0.05, 0.1) is 0 Å². The number of halogens is 2. The molecule has 4 bridgehead atoms. The van der Waals surface area contributed by atoms with Gasteiger partial charge >= 0.3 is 37.9 Å². The first-order valence-electron chi connectivity index (χ1n) is 20.4. The first-order chi connectivity index (χ1) is 25.3. The molecule has 1 unspecified atom stereocenters. The third-order valence-corrected chi connectivity index (χ3v) is 13.1. The molecule has 0 aromatic heterocycles. The van der Waals surface area contributed by atoms with Gasteiger partial charge in [-0.05, 0) is 104 Å². The Labute approximate surface area is 337 Å². The molecule has 0 amide bonds. The molecule has 5 aliphatic rings. The second kappa shape index (κ2) is 18.9. The molecule has 5 fully saturated rings. The summed E-state index contributed by atoms with van der Waals surface area (Å²) < 4.78 is 0. The number of benzene rings is 3. The summed E-state index contributed by atoms with van der Waals surface area (Å²) in [4.78, 5) is 0. The van der Waals surface area contributed by atoms with Crippen LogP contribution in [0.4, 0.5) is 0 Å². The van der Waals surface area contributed by atoms with E-state index in [0.29, 0.717) is 11.3 Å². The van der Waals surface area contributed by atoms with Gasteiger partial charge in [0, 0.05) is 9.52 Å². The van der Waals surface area contributed by atoms with E-state index in [1.807, 2.05) is 0 Å². The average molecular weight is 827 g/mol. The fraction of sp³-hybridized carbons (Fsp3) is 0.500. The van der Waals surface area contributed by atoms with E-state index in [4.69, 9.17) is 17.0 Å². The van der Waals surface area contributed by atoms with Crippen LogP contribution >= 0.6 is 17.0 Å². The average Bonchev–Trinajstić information content (AvgIpc) is 3.80. The van der Waals surface area contributed by atoms with E-state index in [-0.39, 0.29) is 0 Å². The predicted molar refractivity (Wildman–Crippen MR) is 227 cm³/mol. The molecule has 0 spiro atoms. The van der Waals surface area contributed by atoms with Crippen LogP contribution in [0, 0.1) is 17.8 Å². The number of aryl methyl sites for hydroxylation is 1. The minimum atomic E-state index is -0.826. The van der Waals surface area contributed by atoms with Crippen molar-refractivity contribution < 1.29 is 20.8 Å². The zero-order valence-electron chi connectivity index (χ0n) is 32.4. The molecule has 4 heteroatoms. The van der Waals surface area contributed by atoms with Crippen LogP contribution in [0.25, 0.3) is 32.7 Å². The second-order valence-corrected chi connectivity index (χ2v) is 21.4. The van der Waals surface area contributed by atoms with Crippen LogP contribution in [0.5, 0.6) is 0 Å². The third-order valence-electron chi connectivity index (χ3n) is 13.1. The normalized spacial score (nSPS) is 23.9. The fourth-order valence-corrected chi connectivity index (χ4v) is 10.8. The van der Waals surface area contributed by atoms with Crippen molar-refractivity contribution in [3.63, 3.8) is 0 Å². The summed E-state index contributed by atoms with van der Waals surface area (Å²) in [6.07, 6.45) is 18.3. The van der Waals surface area contributed by atoms with Crippen molar-refractivity contribution in [2.75, 3.05) is 0 Å². The van der Waals surface area contributed by atoms with E-state index in [9.17, 15) is 0 Å². The van der Waals surface area contributed by atoms with Gasteiger partial charge in [0.15, 0.2) is 0 Å². The monoisotopic (exact) mass is 824 g/mol. The van der Waals surface area contributed by atoms with Crippen molar-refractivity contribution in [3.8, 4) is 11.1 Å². The van der Waals surface area contributed by atoms with Crippen LogP contribution < -0.4 is 0 Å². The van der Waals surface area contributed by atoms with Gasteiger partial charge in [-0.25, -0.2) is 0 Å². The van der Waals surface area contributed by atoms with Crippen molar-refractivity contribution >= 4 is 48.1 Å². The van der Waals surface area contributed by atoms with Crippen LogP contribution in [-0.2, 0) is 32.7 Å². The predicted octanol–water partition coefficient (Wildman–Crippen LogP) is 15.5. The Morgan fingerprint density at radius 1 is 0.769 bits per heavy atom. The van der Waals surface area contributed by atoms with Gasteiger partial charge in [0.2, 0.25) is 0 Å². The number of hydrogen-bond acceptors (Lipinski definition) is 0. The molecule has 10 rings (SSSR count). The van der Waals surface area contributed by atoms with E-state index in [1.54, 1.807) is 16.7 Å². The van der Waals surface area contributed by atoms with Gasteiger partial charge < -0.3 is 0 Å². The van der Waals surface area contributed by atoms with Crippen LogP contribution in [-0.4, -0.2) is 9.52 Å². The summed E-state index contributed by atoms with van der Waals surface area (Å²) in [6.45, 7) is 11.2. The molecule has 5 aliphatic carbocycles. The molecular weight excluding hydrogens is 767 g/mol. The van der Waals surface area contributed by atoms with Crippen LogP contribution in [0.3, 0.4) is 0 Å². The molecule has 2 radical (unpaired) electrons. The summed E-state index contributed by atoms with van der Waals surface area (Å²) in [5, 5.41) is 5.77. The standard InChI is InChI=1S/C27H29.C19H25.C2H6Si.2ClH.Zr/c1-2-18-13-23-4-3-5-25(26(23)14-18)22-6-8-24(9-7-22)27-15-19-10-20(16-27)12-21(11-19)17-27;1-3-14(2)18-11-7-10-16-12-17(13-19(16)18)15-8-5-4-6-9-15;1-3-2;;;/h3-9,13-14,19-21H,2,10-12,15-17H2,1H3;7,10-15H,3-6,8-9H2,1-2H3;1-2H3;2*1H;/q2*-1;;;;+4/p-2. The van der Waals surface area contributed by atoms with Gasteiger partial charge in [-0.3, -0.25) is 0 Å². The first-order valence-corrected chi connectivity index (χ1v) is 28.7. The third kappa shape index (κ3) is 9.15. The molecule has 0 nitrogen and oxygen atoms in total. The zero-order valence-corrected chi connectivity index (χ0v) is 37.4. The molecule has 5 aromatic carbocycles. The Kier molecular flexibility index (Phi) is 14.6. The molecule has 52 heavy (non-hydrogen) atoms. The molecule has 0 N–H and O–H groups in total. The van der Waals surface area contributed by atoms with Gasteiger partial charge in [-0.2, -0.15) is 12.1 Å². The summed E-state index contributed by atoms with van der Waals surface area (Å²) in [6, 6.07) is 33.0. The summed E-state index contributed by atoms with van der Waals surface area (Å²) in [5.74, 6) is 4.54. The zero-order chi connectivity index (χ0) is 36.7. The summed E-state index contributed by atoms with van der Waals surface area (Å²) >= 11 is -0.826.